The van der Waals surface area contributed by atoms with Crippen LogP contribution in [0.5, 0.6) is 11.5 Å². The molecule has 288 valence electrons. The third-order valence-electron chi connectivity index (χ3n) is 10.5. The van der Waals surface area contributed by atoms with Gasteiger partial charge in [0.05, 0.1) is 42.6 Å². The van der Waals surface area contributed by atoms with E-state index in [2.05, 4.69) is 83.5 Å². The van der Waals surface area contributed by atoms with Crippen molar-refractivity contribution in [2.45, 2.75) is 85.4 Å². The van der Waals surface area contributed by atoms with Gasteiger partial charge in [0, 0.05) is 31.5 Å². The van der Waals surface area contributed by atoms with E-state index in [9.17, 15) is 14.4 Å². The second-order valence-electron chi connectivity index (χ2n) is 15.5. The number of nitrogens with one attached hydrogen (secondary N) is 3. The summed E-state index contributed by atoms with van der Waals surface area (Å²) in [4.78, 5) is 58.6. The number of nitrogens with zero attached hydrogens (tertiary/aromatic N) is 4. The maximum Gasteiger partial charge on any atom is 0.407 e. The van der Waals surface area contributed by atoms with Crippen molar-refractivity contribution in [3.8, 4) is 33.9 Å². The number of ether oxygens (including phenoxy) is 2. The van der Waals surface area contributed by atoms with Gasteiger partial charge in [-0.3, -0.25) is 9.59 Å². The predicted octanol–water partition coefficient (Wildman–Crippen LogP) is 8.15. The second-order valence-corrected chi connectivity index (χ2v) is 15.5. The van der Waals surface area contributed by atoms with E-state index in [0.29, 0.717) is 32.0 Å². The van der Waals surface area contributed by atoms with Gasteiger partial charge in [0.15, 0.2) is 0 Å². The molecule has 2 unspecified atom stereocenters. The minimum atomic E-state index is -0.684. The van der Waals surface area contributed by atoms with Crippen LogP contribution >= 0.6 is 0 Å². The summed E-state index contributed by atoms with van der Waals surface area (Å²) in [5.41, 5.74) is 7.92. The Morgan fingerprint density at radius 2 is 1.76 bits per heavy atom. The Balaban J connectivity index is 1.05. The molecule has 12 nitrogen and oxygen atoms in total. The summed E-state index contributed by atoms with van der Waals surface area (Å²) in [5, 5.41) is 2.71. The van der Waals surface area contributed by atoms with Crippen LogP contribution in [-0.2, 0) is 27.3 Å². The van der Waals surface area contributed by atoms with Crippen LogP contribution < -0.4 is 10.1 Å². The molecular formula is C43H51N7O5. The normalized spacial score (nSPS) is 15.5. The Hall–Kier alpha value is -5.65. The molecule has 0 bridgehead atoms. The van der Waals surface area contributed by atoms with Gasteiger partial charge < -0.3 is 34.6 Å². The Morgan fingerprint density at radius 1 is 0.982 bits per heavy atom. The van der Waals surface area contributed by atoms with Crippen LogP contribution in [0.1, 0.15) is 89.1 Å². The molecule has 4 heterocycles. The van der Waals surface area contributed by atoms with E-state index >= 15 is 0 Å². The number of aromatic nitrogens is 4. The fourth-order valence-electron chi connectivity index (χ4n) is 7.65. The zero-order valence-corrected chi connectivity index (χ0v) is 32.6. The maximum atomic E-state index is 13.6. The quantitative estimate of drug-likeness (QED) is 0.115. The fourth-order valence-corrected chi connectivity index (χ4v) is 7.65. The Labute approximate surface area is 322 Å². The number of likely N-dealkylation sites (tertiary alicyclic amines) is 1. The minimum Gasteiger partial charge on any atom is -0.457 e. The standard InChI is InChI=1S/C43H51N7O5/c1-7-16-49(39(51)18-25(2)3)24-38-44-23-34(45-38)29-10-11-30-20-31-19-27(13-15-36(31)55-37(30)22-29)28-12-14-32-33(21-28)47-41(46-32)35-9-8-17-50(35)42(52)40(26(4)5)48-43(53)54-6/h10-15,19,21-23,25-26,35,40H,7-9,16-18,20,24H2,1-6H3,(H,44,45)(H,46,47)(H,48,53). The van der Waals surface area contributed by atoms with Crippen molar-refractivity contribution in [2.24, 2.45) is 11.8 Å². The highest BCUT2D eigenvalue weighted by Gasteiger charge is 2.37. The highest BCUT2D eigenvalue weighted by molar-refractivity contribution is 5.87. The first-order chi connectivity index (χ1) is 26.5. The van der Waals surface area contributed by atoms with Crippen LogP contribution in [-0.4, -0.2) is 73.9 Å². The molecular weight excluding hydrogens is 695 g/mol. The summed E-state index contributed by atoms with van der Waals surface area (Å²) < 4.78 is 11.2. The maximum absolute atomic E-state index is 13.6. The van der Waals surface area contributed by atoms with E-state index < -0.39 is 12.1 Å². The van der Waals surface area contributed by atoms with Crippen LogP contribution in [0.2, 0.25) is 0 Å². The van der Waals surface area contributed by atoms with E-state index in [4.69, 9.17) is 14.5 Å². The number of hydrogen-bond acceptors (Lipinski definition) is 7. The van der Waals surface area contributed by atoms with Crippen molar-refractivity contribution in [1.82, 2.24) is 35.1 Å². The van der Waals surface area contributed by atoms with Crippen molar-refractivity contribution in [1.29, 1.82) is 0 Å². The van der Waals surface area contributed by atoms with Gasteiger partial charge in [-0.15, -0.1) is 0 Å². The molecule has 0 saturated carbocycles. The topological polar surface area (TPSA) is 146 Å². The average Bonchev–Trinajstić information content (AvgIpc) is 3.94. The van der Waals surface area contributed by atoms with Crippen LogP contribution in [0.4, 0.5) is 4.79 Å². The lowest BCUT2D eigenvalue weighted by Gasteiger charge is -2.29. The molecule has 0 spiro atoms. The number of H-pyrrole nitrogens is 2. The fraction of sp³-hybridized carbons (Fsp3) is 0.419. The van der Waals surface area contributed by atoms with Gasteiger partial charge in [0.1, 0.15) is 29.2 Å². The summed E-state index contributed by atoms with van der Waals surface area (Å²) in [6.07, 6.45) is 5.02. The summed E-state index contributed by atoms with van der Waals surface area (Å²) in [6.45, 7) is 11.8. The van der Waals surface area contributed by atoms with Gasteiger partial charge in [0.2, 0.25) is 11.8 Å². The summed E-state index contributed by atoms with van der Waals surface area (Å²) in [7, 11) is 1.30. The second kappa shape index (κ2) is 16.0. The lowest BCUT2D eigenvalue weighted by atomic mass is 9.95. The number of alkyl carbamates (subject to hydrolysis) is 1. The molecule has 5 aromatic rings. The largest absolute Gasteiger partial charge is 0.457 e. The Kier molecular flexibility index (Phi) is 10.9. The number of aromatic amines is 2. The molecule has 12 heteroatoms. The van der Waals surface area contributed by atoms with Crippen LogP contribution in [0.25, 0.3) is 33.4 Å². The SMILES string of the molecule is CCCN(Cc1ncc(-c2ccc3c(c2)Oc2ccc(-c4ccc5nc(C6CCCN6C(=O)C(NC(=O)OC)C(C)C)[nH]c5c4)cc2C3)[nH]1)C(=O)CC(C)C. The number of fused-ring (bicyclic) bond motifs is 3. The van der Waals surface area contributed by atoms with Crippen molar-refractivity contribution >= 4 is 28.9 Å². The zero-order valence-electron chi connectivity index (χ0n) is 32.6. The third-order valence-corrected chi connectivity index (χ3v) is 10.5. The number of carbonyl (C=O) groups excluding carboxylic acids is 3. The number of carbonyl (C=O) groups is 3. The lowest BCUT2D eigenvalue weighted by Crippen LogP contribution is -2.51. The van der Waals surface area contributed by atoms with Crippen molar-refractivity contribution < 1.29 is 23.9 Å². The summed E-state index contributed by atoms with van der Waals surface area (Å²) in [5.74, 6) is 3.39. The predicted molar refractivity (Wildman–Crippen MR) is 211 cm³/mol. The van der Waals surface area contributed by atoms with Gasteiger partial charge in [0.25, 0.3) is 0 Å². The van der Waals surface area contributed by atoms with Crippen molar-refractivity contribution in [3.63, 3.8) is 0 Å². The molecule has 0 aliphatic carbocycles. The number of amides is 3. The molecule has 2 atom stereocenters. The van der Waals surface area contributed by atoms with E-state index in [1.165, 1.54) is 7.11 Å². The summed E-state index contributed by atoms with van der Waals surface area (Å²) >= 11 is 0. The molecule has 3 N–H and O–H groups in total. The molecule has 1 saturated heterocycles. The molecule has 55 heavy (non-hydrogen) atoms. The Bertz CT molecular complexity index is 2200. The molecule has 1 fully saturated rings. The highest BCUT2D eigenvalue weighted by Crippen LogP contribution is 2.41. The number of methoxy groups -OCH3 is 1. The smallest absolute Gasteiger partial charge is 0.407 e. The average molecular weight is 746 g/mol. The van der Waals surface area contributed by atoms with Crippen LogP contribution in [0.15, 0.2) is 60.8 Å². The van der Waals surface area contributed by atoms with E-state index in [0.717, 1.165) is 93.4 Å². The highest BCUT2D eigenvalue weighted by atomic mass is 16.5. The van der Waals surface area contributed by atoms with Crippen molar-refractivity contribution in [3.05, 3.63) is 83.6 Å². The minimum absolute atomic E-state index is 0.101. The molecule has 3 amide bonds. The van der Waals surface area contributed by atoms with Gasteiger partial charge in [-0.2, -0.15) is 0 Å². The van der Waals surface area contributed by atoms with Gasteiger partial charge in [-0.1, -0.05) is 58.9 Å². The molecule has 2 aromatic heterocycles. The number of imidazole rings is 2. The van der Waals surface area contributed by atoms with E-state index in [1.807, 2.05) is 42.0 Å². The molecule has 3 aromatic carbocycles. The zero-order chi connectivity index (χ0) is 38.8. The number of benzene rings is 3. The lowest BCUT2D eigenvalue weighted by molar-refractivity contribution is -0.135. The van der Waals surface area contributed by atoms with Crippen LogP contribution in [0.3, 0.4) is 0 Å². The third kappa shape index (κ3) is 8.08. The van der Waals surface area contributed by atoms with E-state index in [-0.39, 0.29) is 23.8 Å². The Morgan fingerprint density at radius 3 is 2.53 bits per heavy atom. The number of rotatable bonds is 12. The van der Waals surface area contributed by atoms with Crippen molar-refractivity contribution in [2.75, 3.05) is 20.2 Å². The molecule has 2 aliphatic rings. The van der Waals surface area contributed by atoms with E-state index in [1.54, 1.807) is 0 Å². The molecule has 2 aliphatic heterocycles. The first kappa shape index (κ1) is 37.7. The van der Waals surface area contributed by atoms with Gasteiger partial charge in [-0.25, -0.2) is 14.8 Å². The van der Waals surface area contributed by atoms with Gasteiger partial charge in [-0.05, 0) is 83.7 Å². The van der Waals surface area contributed by atoms with Gasteiger partial charge >= 0.3 is 6.09 Å². The number of hydrogen-bond donors (Lipinski definition) is 3. The molecule has 7 rings (SSSR count). The first-order valence-corrected chi connectivity index (χ1v) is 19.4. The first-order valence-electron chi connectivity index (χ1n) is 19.4. The monoisotopic (exact) mass is 745 g/mol. The van der Waals surface area contributed by atoms with Crippen LogP contribution in [0, 0.1) is 11.8 Å². The summed E-state index contributed by atoms with van der Waals surface area (Å²) in [6, 6.07) is 17.9. The molecule has 0 radical (unpaired) electrons.